The maximum atomic E-state index is 10.1. The van der Waals surface area contributed by atoms with Crippen molar-refractivity contribution in [1.82, 2.24) is 0 Å². The number of aliphatic hydroxyl groups excluding tert-OH is 1. The van der Waals surface area contributed by atoms with Crippen molar-refractivity contribution in [2.45, 2.75) is 13.0 Å². The van der Waals surface area contributed by atoms with E-state index in [1.165, 1.54) is 5.56 Å². The Balaban J connectivity index is 2.28. The Hall–Kier alpha value is -0.640. The lowest BCUT2D eigenvalue weighted by atomic mass is 10.1. The molecule has 3 heteroatoms. The molecule has 0 aliphatic rings. The maximum Gasteiger partial charge on any atom is 0.113 e. The van der Waals surface area contributed by atoms with Gasteiger partial charge in [-0.15, -0.1) is 11.3 Å². The molecule has 78 valence electrons. The predicted molar refractivity (Wildman–Crippen MR) is 67.3 cm³/mol. The molecule has 1 heterocycles. The van der Waals surface area contributed by atoms with E-state index in [1.807, 2.05) is 43.3 Å². The van der Waals surface area contributed by atoms with E-state index in [1.54, 1.807) is 11.3 Å². The molecule has 0 fully saturated rings. The van der Waals surface area contributed by atoms with Crippen LogP contribution in [0.5, 0.6) is 0 Å². The van der Waals surface area contributed by atoms with Crippen LogP contribution in [0.2, 0.25) is 0 Å². The number of hydrogen-bond donors (Lipinski definition) is 1. The molecule has 0 bridgehead atoms. The number of rotatable bonds is 2. The molecule has 0 amide bonds. The van der Waals surface area contributed by atoms with Crippen molar-refractivity contribution in [2.75, 3.05) is 0 Å². The highest BCUT2D eigenvalue weighted by molar-refractivity contribution is 9.11. The van der Waals surface area contributed by atoms with Crippen molar-refractivity contribution in [3.8, 4) is 0 Å². The second kappa shape index (κ2) is 4.47. The van der Waals surface area contributed by atoms with Crippen LogP contribution in [0.15, 0.2) is 40.2 Å². The number of halogens is 1. The maximum absolute atomic E-state index is 10.1. The Morgan fingerprint density at radius 2 is 1.80 bits per heavy atom. The van der Waals surface area contributed by atoms with E-state index in [9.17, 15) is 5.11 Å². The monoisotopic (exact) mass is 282 g/mol. The minimum absolute atomic E-state index is 0.512. The molecule has 0 spiro atoms. The molecule has 2 aromatic rings. The van der Waals surface area contributed by atoms with Gasteiger partial charge in [0.05, 0.1) is 3.79 Å². The van der Waals surface area contributed by atoms with Crippen LogP contribution in [0.25, 0.3) is 0 Å². The lowest BCUT2D eigenvalue weighted by Crippen LogP contribution is -1.96. The molecule has 1 unspecified atom stereocenters. The fraction of sp³-hybridized carbons (Fsp3) is 0.167. The fourth-order valence-corrected chi connectivity index (χ4v) is 2.83. The van der Waals surface area contributed by atoms with Crippen molar-refractivity contribution < 1.29 is 5.11 Å². The lowest BCUT2D eigenvalue weighted by Gasteiger charge is -2.08. The van der Waals surface area contributed by atoms with Gasteiger partial charge in [-0.25, -0.2) is 0 Å². The summed E-state index contributed by atoms with van der Waals surface area (Å²) in [5, 5.41) is 10.1. The first-order valence-corrected chi connectivity index (χ1v) is 6.27. The number of aliphatic hydroxyl groups is 1. The molecule has 1 N–H and O–H groups in total. The van der Waals surface area contributed by atoms with E-state index in [-0.39, 0.29) is 0 Å². The summed E-state index contributed by atoms with van der Waals surface area (Å²) < 4.78 is 1.05. The third-order valence-electron chi connectivity index (χ3n) is 2.26. The van der Waals surface area contributed by atoms with Crippen molar-refractivity contribution in [3.63, 3.8) is 0 Å². The highest BCUT2D eigenvalue weighted by Gasteiger charge is 2.11. The molecule has 0 saturated carbocycles. The SMILES string of the molecule is Cc1ccc(C(O)c2ccc(Br)s2)cc1. The number of hydrogen-bond acceptors (Lipinski definition) is 2. The quantitative estimate of drug-likeness (QED) is 0.886. The van der Waals surface area contributed by atoms with E-state index in [2.05, 4.69) is 15.9 Å². The summed E-state index contributed by atoms with van der Waals surface area (Å²) in [6.07, 6.45) is -0.512. The third kappa shape index (κ3) is 2.48. The van der Waals surface area contributed by atoms with Crippen LogP contribution in [-0.2, 0) is 0 Å². The summed E-state index contributed by atoms with van der Waals surface area (Å²) in [6, 6.07) is 11.9. The molecule has 0 saturated heterocycles. The van der Waals surface area contributed by atoms with Gasteiger partial charge >= 0.3 is 0 Å². The molecule has 1 atom stereocenters. The van der Waals surface area contributed by atoms with E-state index in [4.69, 9.17) is 0 Å². The minimum atomic E-state index is -0.512. The molecular weight excluding hydrogens is 272 g/mol. The molecule has 0 aliphatic heterocycles. The summed E-state index contributed by atoms with van der Waals surface area (Å²) in [4.78, 5) is 0.964. The first kappa shape index (κ1) is 10.9. The van der Waals surface area contributed by atoms with Crippen LogP contribution < -0.4 is 0 Å². The van der Waals surface area contributed by atoms with Gasteiger partial charge in [-0.1, -0.05) is 29.8 Å². The van der Waals surface area contributed by atoms with Gasteiger partial charge in [0.1, 0.15) is 6.10 Å². The molecule has 1 aromatic heterocycles. The molecule has 15 heavy (non-hydrogen) atoms. The Labute approximate surface area is 102 Å². The molecular formula is C12H11BrOS. The normalized spacial score (nSPS) is 12.7. The minimum Gasteiger partial charge on any atom is -0.383 e. The summed E-state index contributed by atoms with van der Waals surface area (Å²) in [5.74, 6) is 0. The van der Waals surface area contributed by atoms with Gasteiger partial charge in [0.15, 0.2) is 0 Å². The van der Waals surface area contributed by atoms with Crippen molar-refractivity contribution in [3.05, 3.63) is 56.2 Å². The van der Waals surface area contributed by atoms with Crippen LogP contribution >= 0.6 is 27.3 Å². The zero-order chi connectivity index (χ0) is 10.8. The van der Waals surface area contributed by atoms with Crippen LogP contribution in [-0.4, -0.2) is 5.11 Å². The van der Waals surface area contributed by atoms with Gasteiger partial charge in [0, 0.05) is 4.88 Å². The van der Waals surface area contributed by atoms with E-state index in [0.717, 1.165) is 14.2 Å². The first-order valence-electron chi connectivity index (χ1n) is 4.66. The van der Waals surface area contributed by atoms with Gasteiger partial charge in [-0.2, -0.15) is 0 Å². The third-order valence-corrected chi connectivity index (χ3v) is 3.93. The van der Waals surface area contributed by atoms with Gasteiger partial charge < -0.3 is 5.11 Å². The second-order valence-corrected chi connectivity index (χ2v) is 5.95. The Morgan fingerprint density at radius 1 is 1.13 bits per heavy atom. The van der Waals surface area contributed by atoms with Crippen LogP contribution in [0.4, 0.5) is 0 Å². The van der Waals surface area contributed by atoms with Crippen molar-refractivity contribution in [1.29, 1.82) is 0 Å². The predicted octanol–water partition coefficient (Wildman–Crippen LogP) is 3.90. The molecule has 0 aliphatic carbocycles. The molecule has 2 rings (SSSR count). The largest absolute Gasteiger partial charge is 0.383 e. The Bertz CT molecular complexity index is 447. The Kier molecular flexibility index (Phi) is 3.24. The number of aryl methyl sites for hydroxylation is 1. The summed E-state index contributed by atoms with van der Waals surface area (Å²) >= 11 is 4.95. The lowest BCUT2D eigenvalue weighted by molar-refractivity contribution is 0.224. The average Bonchev–Trinajstić information content (AvgIpc) is 2.65. The van der Waals surface area contributed by atoms with E-state index in [0.29, 0.717) is 0 Å². The van der Waals surface area contributed by atoms with Gasteiger partial charge in [-0.05, 0) is 40.5 Å². The molecule has 0 radical (unpaired) electrons. The fourth-order valence-electron chi connectivity index (χ4n) is 1.39. The summed E-state index contributed by atoms with van der Waals surface area (Å²) in [7, 11) is 0. The van der Waals surface area contributed by atoms with Gasteiger partial charge in [-0.3, -0.25) is 0 Å². The van der Waals surface area contributed by atoms with Crippen molar-refractivity contribution in [2.24, 2.45) is 0 Å². The van der Waals surface area contributed by atoms with Crippen LogP contribution in [0.1, 0.15) is 22.1 Å². The topological polar surface area (TPSA) is 20.2 Å². The van der Waals surface area contributed by atoms with Crippen molar-refractivity contribution >= 4 is 27.3 Å². The van der Waals surface area contributed by atoms with Gasteiger partial charge in [0.25, 0.3) is 0 Å². The zero-order valence-electron chi connectivity index (χ0n) is 8.27. The van der Waals surface area contributed by atoms with E-state index >= 15 is 0 Å². The average molecular weight is 283 g/mol. The first-order chi connectivity index (χ1) is 7.16. The Morgan fingerprint density at radius 3 is 2.33 bits per heavy atom. The highest BCUT2D eigenvalue weighted by Crippen LogP contribution is 2.31. The summed E-state index contributed by atoms with van der Waals surface area (Å²) in [5.41, 5.74) is 2.15. The van der Waals surface area contributed by atoms with Gasteiger partial charge in [0.2, 0.25) is 0 Å². The molecule has 1 nitrogen and oxygen atoms in total. The number of thiophene rings is 1. The standard InChI is InChI=1S/C12H11BrOS/c1-8-2-4-9(5-3-8)12(14)10-6-7-11(13)15-10/h2-7,12,14H,1H3. The summed E-state index contributed by atoms with van der Waals surface area (Å²) in [6.45, 7) is 2.04. The zero-order valence-corrected chi connectivity index (χ0v) is 10.7. The highest BCUT2D eigenvalue weighted by atomic mass is 79.9. The second-order valence-electron chi connectivity index (χ2n) is 3.46. The smallest absolute Gasteiger partial charge is 0.113 e. The molecule has 1 aromatic carbocycles. The van der Waals surface area contributed by atoms with Crippen LogP contribution in [0.3, 0.4) is 0 Å². The van der Waals surface area contributed by atoms with E-state index < -0.39 is 6.10 Å². The number of benzene rings is 1. The van der Waals surface area contributed by atoms with Crippen LogP contribution in [0, 0.1) is 6.92 Å².